The van der Waals surface area contributed by atoms with Crippen LogP contribution in [0.1, 0.15) is 69.4 Å². The maximum atomic E-state index is 13.4. The first-order valence-electron chi connectivity index (χ1n) is 15.9. The normalized spacial score (nSPS) is 31.7. The number of quaternary nitrogens is 1. The summed E-state index contributed by atoms with van der Waals surface area (Å²) in [4.78, 5) is 40.2. The molecule has 2 saturated carbocycles. The van der Waals surface area contributed by atoms with Gasteiger partial charge in [-0.3, -0.25) is 9.59 Å². The fourth-order valence-corrected chi connectivity index (χ4v) is 7.93. The second kappa shape index (κ2) is 12.0. The fourth-order valence-electron chi connectivity index (χ4n) is 7.93. The first-order valence-corrected chi connectivity index (χ1v) is 15.9. The summed E-state index contributed by atoms with van der Waals surface area (Å²) in [6.07, 6.45) is 4.46. The first-order chi connectivity index (χ1) is 20.4. The number of nitrogens with two attached hydrogens (primary N) is 2. The van der Waals surface area contributed by atoms with Crippen LogP contribution in [-0.2, 0) is 15.0 Å². The van der Waals surface area contributed by atoms with Gasteiger partial charge in [0.25, 0.3) is 0 Å². The molecule has 1 unspecified atom stereocenters. The van der Waals surface area contributed by atoms with Crippen LogP contribution < -0.4 is 26.3 Å². The van der Waals surface area contributed by atoms with Gasteiger partial charge in [-0.2, -0.15) is 0 Å². The molecule has 1 spiro atoms. The number of amides is 2. The predicted molar refractivity (Wildman–Crippen MR) is 162 cm³/mol. The van der Waals surface area contributed by atoms with Crippen LogP contribution in [0.2, 0.25) is 0 Å². The zero-order valence-electron chi connectivity index (χ0n) is 26.2. The van der Waals surface area contributed by atoms with Gasteiger partial charge in [0.1, 0.15) is 11.6 Å². The van der Waals surface area contributed by atoms with E-state index in [1.54, 1.807) is 13.1 Å². The van der Waals surface area contributed by atoms with Crippen molar-refractivity contribution in [1.82, 2.24) is 10.2 Å². The van der Waals surface area contributed by atoms with Gasteiger partial charge in [0.15, 0.2) is 23.4 Å². The Morgan fingerprint density at radius 3 is 2.72 bits per heavy atom. The van der Waals surface area contributed by atoms with Crippen molar-refractivity contribution in [2.75, 3.05) is 46.8 Å². The van der Waals surface area contributed by atoms with Crippen LogP contribution in [-0.4, -0.2) is 103 Å². The van der Waals surface area contributed by atoms with Crippen LogP contribution in [0.3, 0.4) is 0 Å². The van der Waals surface area contributed by atoms with Crippen molar-refractivity contribution >= 4 is 17.8 Å². The highest BCUT2D eigenvalue weighted by atomic mass is 16.6. The third kappa shape index (κ3) is 5.54. The largest absolute Gasteiger partial charge is 0.477 e. The second-order valence-corrected chi connectivity index (χ2v) is 13.7. The number of nitrogens with one attached hydrogen (secondary N) is 1. The van der Waals surface area contributed by atoms with Gasteiger partial charge in [0.2, 0.25) is 5.91 Å². The Morgan fingerprint density at radius 1 is 1.28 bits per heavy atom. The van der Waals surface area contributed by atoms with Gasteiger partial charge in [0.05, 0.1) is 31.6 Å². The predicted octanol–water partition coefficient (Wildman–Crippen LogP) is 1.74. The third-order valence-corrected chi connectivity index (χ3v) is 10.9. The lowest BCUT2D eigenvalue weighted by Crippen LogP contribution is -2.78. The lowest BCUT2D eigenvalue weighted by atomic mass is 9.52. The monoisotopic (exact) mass is 600 g/mol. The number of carbonyl (C=O) groups excluding carboxylic acids is 3. The number of carbonyl (C=O) groups is 3. The van der Waals surface area contributed by atoms with Crippen LogP contribution in [0.5, 0.6) is 11.5 Å². The SMILES string of the molecule is Cc1ccc(OC(=O)N(C)CCNC(=O)C(N)CCCCN)c2c1[C@]13CC[N@+](C)(CC4CC4)[C@H](C)[C@]1(O)CCC(=O)[C@@H]3O2. The molecule has 43 heavy (non-hydrogen) atoms. The van der Waals surface area contributed by atoms with Crippen molar-refractivity contribution in [2.24, 2.45) is 17.4 Å². The number of aliphatic hydroxyl groups is 1. The molecule has 1 aromatic carbocycles. The zero-order chi connectivity index (χ0) is 31.2. The Balaban J connectivity index is 1.33. The summed E-state index contributed by atoms with van der Waals surface area (Å²) >= 11 is 0. The molecular weight excluding hydrogens is 550 g/mol. The summed E-state index contributed by atoms with van der Waals surface area (Å²) < 4.78 is 13.1. The van der Waals surface area contributed by atoms with E-state index in [0.717, 1.165) is 41.5 Å². The maximum Gasteiger partial charge on any atom is 0.415 e. The number of likely N-dealkylation sites (N-methyl/N-ethyl adjacent to an activating group) is 2. The molecule has 5 rings (SSSR count). The molecule has 0 radical (unpaired) electrons. The molecular formula is C32H50N5O6+. The Kier molecular flexibility index (Phi) is 8.83. The van der Waals surface area contributed by atoms with E-state index in [0.29, 0.717) is 37.5 Å². The van der Waals surface area contributed by atoms with Crippen LogP contribution >= 0.6 is 0 Å². The molecule has 11 heteroatoms. The Bertz CT molecular complexity index is 1250. The van der Waals surface area contributed by atoms with E-state index in [1.807, 2.05) is 13.0 Å². The van der Waals surface area contributed by atoms with Crippen molar-refractivity contribution in [2.45, 2.75) is 94.4 Å². The number of Topliss-reactive ketones (excluding diaryl/α,β-unsaturated/α-hetero) is 1. The molecule has 4 aliphatic rings. The average molecular weight is 601 g/mol. The number of ether oxygens (including phenoxy) is 2. The van der Waals surface area contributed by atoms with Gasteiger partial charge < -0.3 is 40.7 Å². The number of unbranched alkanes of at least 4 members (excludes halogenated alkanes) is 1. The minimum atomic E-state index is -1.15. The molecule has 2 aliphatic heterocycles. The maximum absolute atomic E-state index is 13.4. The number of aryl methyl sites for hydroxylation is 1. The van der Waals surface area contributed by atoms with Gasteiger partial charge in [0, 0.05) is 44.5 Å². The summed E-state index contributed by atoms with van der Waals surface area (Å²) in [6, 6.07) is 2.87. The molecule has 6 atom stereocenters. The summed E-state index contributed by atoms with van der Waals surface area (Å²) in [5.74, 6) is 1.03. The molecule has 3 fully saturated rings. The molecule has 2 heterocycles. The summed E-state index contributed by atoms with van der Waals surface area (Å²) in [7, 11) is 3.84. The fraction of sp³-hybridized carbons (Fsp3) is 0.719. The number of hydrogen-bond donors (Lipinski definition) is 4. The number of piperidine rings is 1. The van der Waals surface area contributed by atoms with Gasteiger partial charge in [-0.15, -0.1) is 0 Å². The quantitative estimate of drug-likeness (QED) is 0.221. The van der Waals surface area contributed by atoms with Gasteiger partial charge in [-0.25, -0.2) is 4.79 Å². The van der Waals surface area contributed by atoms with E-state index < -0.39 is 29.3 Å². The third-order valence-electron chi connectivity index (χ3n) is 10.9. The number of benzene rings is 1. The van der Waals surface area contributed by atoms with Crippen molar-refractivity contribution in [3.8, 4) is 11.5 Å². The molecule has 0 bridgehead atoms. The van der Waals surface area contributed by atoms with E-state index in [9.17, 15) is 19.5 Å². The van der Waals surface area contributed by atoms with E-state index >= 15 is 0 Å². The molecule has 2 aliphatic carbocycles. The van der Waals surface area contributed by atoms with E-state index in [1.165, 1.54) is 17.7 Å². The number of ketones is 1. The minimum Gasteiger partial charge on any atom is -0.477 e. The Morgan fingerprint density at radius 2 is 2.02 bits per heavy atom. The van der Waals surface area contributed by atoms with Crippen LogP contribution in [0.4, 0.5) is 4.79 Å². The van der Waals surface area contributed by atoms with Gasteiger partial charge in [-0.1, -0.05) is 12.5 Å². The van der Waals surface area contributed by atoms with E-state index in [4.69, 9.17) is 20.9 Å². The molecule has 0 aromatic heterocycles. The second-order valence-electron chi connectivity index (χ2n) is 13.7. The number of fused-ring (bicyclic) bond motifs is 1. The van der Waals surface area contributed by atoms with Crippen molar-refractivity contribution in [3.63, 3.8) is 0 Å². The molecule has 6 N–H and O–H groups in total. The highest BCUT2D eigenvalue weighted by molar-refractivity contribution is 5.90. The number of rotatable bonds is 11. The van der Waals surface area contributed by atoms with Crippen LogP contribution in [0.15, 0.2) is 12.1 Å². The number of hydrogen-bond acceptors (Lipinski definition) is 8. The van der Waals surface area contributed by atoms with E-state index in [2.05, 4.69) is 19.3 Å². The first kappa shape index (κ1) is 31.7. The van der Waals surface area contributed by atoms with E-state index in [-0.39, 0.29) is 43.0 Å². The molecule has 238 valence electrons. The highest BCUT2D eigenvalue weighted by Crippen LogP contribution is 2.63. The van der Waals surface area contributed by atoms with Gasteiger partial charge >= 0.3 is 6.09 Å². The zero-order valence-corrected chi connectivity index (χ0v) is 26.2. The molecule has 1 saturated heterocycles. The Hall–Kier alpha value is -2.73. The van der Waals surface area contributed by atoms with Crippen molar-refractivity contribution < 1.29 is 33.4 Å². The average Bonchev–Trinajstić information content (AvgIpc) is 3.70. The highest BCUT2D eigenvalue weighted by Gasteiger charge is 2.73. The van der Waals surface area contributed by atoms with Crippen LogP contribution in [0, 0.1) is 12.8 Å². The summed E-state index contributed by atoms with van der Waals surface area (Å²) in [6.45, 7) is 6.98. The summed E-state index contributed by atoms with van der Waals surface area (Å²) in [5, 5.41) is 15.4. The smallest absolute Gasteiger partial charge is 0.415 e. The Labute approximate surface area is 254 Å². The number of nitrogens with zero attached hydrogens (tertiary/aromatic N) is 2. The molecule has 11 nitrogen and oxygen atoms in total. The van der Waals surface area contributed by atoms with Crippen molar-refractivity contribution in [1.29, 1.82) is 0 Å². The summed E-state index contributed by atoms with van der Waals surface area (Å²) in [5.41, 5.74) is 11.1. The molecule has 2 amide bonds. The topological polar surface area (TPSA) is 157 Å². The minimum absolute atomic E-state index is 0.0165. The number of likely N-dealkylation sites (tertiary alicyclic amines) is 1. The van der Waals surface area contributed by atoms with Crippen molar-refractivity contribution in [3.05, 3.63) is 23.3 Å². The van der Waals surface area contributed by atoms with Crippen LogP contribution in [0.25, 0.3) is 0 Å². The van der Waals surface area contributed by atoms with Gasteiger partial charge in [-0.05, 0) is 64.1 Å². The standard InChI is InChI=1S/C32H49N5O6/c1-20-8-11-25(42-30(40)36(3)17-16-35-29(39)23(34)7-5-6-15-33)27-26(20)31-14-18-37(4,19-22-9-10-22)21(2)32(31,41)13-12-24(38)28(31)43-27/h8,11,21-23,28,41H,5-7,9-10,12-19,33-34H2,1-4H3/p+1/t21-,23?,28+,31+,32-,37-/m1/s1. The lowest BCUT2D eigenvalue weighted by molar-refractivity contribution is -0.948. The molecule has 1 aromatic rings. The lowest BCUT2D eigenvalue weighted by Gasteiger charge is -2.61.